The van der Waals surface area contributed by atoms with Crippen LogP contribution in [0.3, 0.4) is 0 Å². The molecule has 3 amide bonds. The van der Waals surface area contributed by atoms with E-state index < -0.39 is 5.91 Å². The van der Waals surface area contributed by atoms with Crippen LogP contribution in [0.4, 0.5) is 22.7 Å². The summed E-state index contributed by atoms with van der Waals surface area (Å²) in [5.41, 5.74) is 7.40. The second-order valence-electron chi connectivity index (χ2n) is 5.85. The number of carbonyl (C=O) groups is 3. The number of nitrogens with two attached hydrogens (primary N) is 1. The normalized spacial score (nSPS) is 10.5. The molecule has 142 valence electrons. The summed E-state index contributed by atoms with van der Waals surface area (Å²) in [5, 5.41) is 14.5. The van der Waals surface area contributed by atoms with Gasteiger partial charge in [-0.15, -0.1) is 0 Å². The van der Waals surface area contributed by atoms with E-state index in [4.69, 9.17) is 5.73 Å². The van der Waals surface area contributed by atoms with E-state index in [-0.39, 0.29) is 17.4 Å². The highest BCUT2D eigenvalue weighted by Gasteiger charge is 2.15. The third kappa shape index (κ3) is 5.44. The summed E-state index contributed by atoms with van der Waals surface area (Å²) >= 11 is 0. The molecule has 0 spiro atoms. The summed E-state index contributed by atoms with van der Waals surface area (Å²) in [4.78, 5) is 36.6. The first kappa shape index (κ1) is 20.2. The summed E-state index contributed by atoms with van der Waals surface area (Å²) in [6.07, 6.45) is 1.18. The lowest BCUT2D eigenvalue weighted by Crippen LogP contribution is -2.25. The first-order chi connectivity index (χ1) is 13.3. The Morgan fingerprint density at radius 2 is 1.50 bits per heavy atom. The van der Waals surface area contributed by atoms with Crippen LogP contribution < -0.4 is 21.3 Å². The van der Waals surface area contributed by atoms with Crippen molar-refractivity contribution < 1.29 is 14.4 Å². The number of nitrogen functional groups attached to an aromatic ring is 1. The zero-order valence-corrected chi connectivity index (χ0v) is 15.4. The van der Waals surface area contributed by atoms with Gasteiger partial charge in [0, 0.05) is 42.8 Å². The Hall–Kier alpha value is -4.12. The molecule has 8 heteroatoms. The minimum atomic E-state index is -0.670. The van der Waals surface area contributed by atoms with Crippen molar-refractivity contribution in [3.8, 4) is 6.07 Å². The molecule has 0 bridgehead atoms. The van der Waals surface area contributed by atoms with Crippen molar-refractivity contribution in [2.75, 3.05) is 21.3 Å². The highest BCUT2D eigenvalue weighted by Crippen LogP contribution is 2.19. The number of nitrogens with zero attached hydrogens (tertiary/aromatic N) is 2. The quantitative estimate of drug-likeness (QED) is 0.419. The van der Waals surface area contributed by atoms with Gasteiger partial charge in [-0.05, 0) is 48.5 Å². The van der Waals surface area contributed by atoms with Gasteiger partial charge in [0.1, 0.15) is 11.6 Å². The van der Waals surface area contributed by atoms with E-state index in [9.17, 15) is 19.6 Å². The molecule has 2 aromatic rings. The van der Waals surface area contributed by atoms with Gasteiger partial charge in [-0.3, -0.25) is 19.3 Å². The third-order valence-electron chi connectivity index (χ3n) is 3.60. The highest BCUT2D eigenvalue weighted by atomic mass is 16.2. The van der Waals surface area contributed by atoms with Crippen LogP contribution in [0, 0.1) is 11.3 Å². The molecule has 0 saturated carbocycles. The maximum Gasteiger partial charge on any atom is 0.267 e. The Morgan fingerprint density at radius 1 is 0.964 bits per heavy atom. The molecule has 0 aliphatic rings. The SMILES string of the molecule is CC(=O)Nc1ccc(NC(=O)/C(C#N)=C\N(C(C)=O)c2ccc(N)cc2)cc1. The summed E-state index contributed by atoms with van der Waals surface area (Å²) in [6, 6.07) is 14.6. The summed E-state index contributed by atoms with van der Waals surface area (Å²) < 4.78 is 0. The number of nitrogens with one attached hydrogen (secondary N) is 2. The average molecular weight is 377 g/mol. The minimum absolute atomic E-state index is 0.210. The van der Waals surface area contributed by atoms with Crippen LogP contribution >= 0.6 is 0 Å². The van der Waals surface area contributed by atoms with Crippen LogP contribution in [0.5, 0.6) is 0 Å². The highest BCUT2D eigenvalue weighted by molar-refractivity contribution is 6.08. The second-order valence-corrected chi connectivity index (χ2v) is 5.85. The van der Waals surface area contributed by atoms with Gasteiger partial charge in [-0.2, -0.15) is 5.26 Å². The van der Waals surface area contributed by atoms with E-state index in [1.54, 1.807) is 54.6 Å². The molecule has 0 aliphatic carbocycles. The first-order valence-electron chi connectivity index (χ1n) is 8.26. The van der Waals surface area contributed by atoms with Crippen molar-refractivity contribution in [3.63, 3.8) is 0 Å². The van der Waals surface area contributed by atoms with Crippen molar-refractivity contribution >= 4 is 40.5 Å². The second kappa shape index (κ2) is 9.00. The van der Waals surface area contributed by atoms with Gasteiger partial charge in [0.2, 0.25) is 11.8 Å². The van der Waals surface area contributed by atoms with Crippen LogP contribution in [0.15, 0.2) is 60.3 Å². The van der Waals surface area contributed by atoms with Gasteiger partial charge in [0.15, 0.2) is 0 Å². The molecular formula is C20H19N5O3. The number of hydrogen-bond donors (Lipinski definition) is 3. The molecule has 0 saturated heterocycles. The van der Waals surface area contributed by atoms with E-state index in [1.165, 1.54) is 24.9 Å². The van der Waals surface area contributed by atoms with E-state index in [0.29, 0.717) is 22.7 Å². The molecule has 2 aromatic carbocycles. The number of nitriles is 1. The molecule has 4 N–H and O–H groups in total. The van der Waals surface area contributed by atoms with E-state index in [2.05, 4.69) is 10.6 Å². The largest absolute Gasteiger partial charge is 0.399 e. The number of benzene rings is 2. The first-order valence-corrected chi connectivity index (χ1v) is 8.26. The van der Waals surface area contributed by atoms with Crippen LogP contribution in [0.1, 0.15) is 13.8 Å². The van der Waals surface area contributed by atoms with Gasteiger partial charge < -0.3 is 16.4 Å². The smallest absolute Gasteiger partial charge is 0.267 e. The Balaban J connectivity index is 2.21. The Kier molecular flexibility index (Phi) is 6.49. The number of carbonyl (C=O) groups excluding carboxylic acids is 3. The third-order valence-corrected chi connectivity index (χ3v) is 3.60. The van der Waals surface area contributed by atoms with Gasteiger partial charge in [0.05, 0.1) is 0 Å². The average Bonchev–Trinajstić information content (AvgIpc) is 2.64. The summed E-state index contributed by atoms with van der Waals surface area (Å²) in [5.74, 6) is -1.25. The Bertz CT molecular complexity index is 957. The molecule has 0 unspecified atom stereocenters. The molecule has 0 heterocycles. The van der Waals surface area contributed by atoms with E-state index in [1.807, 2.05) is 0 Å². The maximum absolute atomic E-state index is 12.4. The Labute approximate surface area is 162 Å². The molecule has 0 aromatic heterocycles. The fourth-order valence-electron chi connectivity index (χ4n) is 2.29. The molecule has 28 heavy (non-hydrogen) atoms. The molecule has 0 atom stereocenters. The number of rotatable bonds is 5. The number of hydrogen-bond acceptors (Lipinski definition) is 5. The zero-order chi connectivity index (χ0) is 20.7. The van der Waals surface area contributed by atoms with Gasteiger partial charge in [-0.1, -0.05) is 0 Å². The minimum Gasteiger partial charge on any atom is -0.399 e. The van der Waals surface area contributed by atoms with Gasteiger partial charge in [-0.25, -0.2) is 0 Å². The van der Waals surface area contributed by atoms with Crippen molar-refractivity contribution in [1.29, 1.82) is 5.26 Å². The fourth-order valence-corrected chi connectivity index (χ4v) is 2.29. The molecule has 8 nitrogen and oxygen atoms in total. The zero-order valence-electron chi connectivity index (χ0n) is 15.4. The summed E-state index contributed by atoms with van der Waals surface area (Å²) in [7, 11) is 0. The van der Waals surface area contributed by atoms with Crippen molar-refractivity contribution in [3.05, 3.63) is 60.3 Å². The Morgan fingerprint density at radius 3 is 1.96 bits per heavy atom. The topological polar surface area (TPSA) is 128 Å². The fraction of sp³-hybridized carbons (Fsp3) is 0.100. The maximum atomic E-state index is 12.4. The lowest BCUT2D eigenvalue weighted by molar-refractivity contribution is -0.116. The number of anilines is 4. The van der Waals surface area contributed by atoms with Crippen LogP contribution in [0.25, 0.3) is 0 Å². The van der Waals surface area contributed by atoms with E-state index in [0.717, 1.165) is 0 Å². The molecule has 0 fully saturated rings. The predicted octanol–water partition coefficient (Wildman–Crippen LogP) is 2.63. The molecule has 2 rings (SSSR count). The van der Waals surface area contributed by atoms with E-state index >= 15 is 0 Å². The monoisotopic (exact) mass is 377 g/mol. The van der Waals surface area contributed by atoms with Crippen molar-refractivity contribution in [2.24, 2.45) is 0 Å². The van der Waals surface area contributed by atoms with Crippen LogP contribution in [-0.2, 0) is 14.4 Å². The van der Waals surface area contributed by atoms with Gasteiger partial charge in [0.25, 0.3) is 5.91 Å². The van der Waals surface area contributed by atoms with Crippen LogP contribution in [0.2, 0.25) is 0 Å². The lowest BCUT2D eigenvalue weighted by atomic mass is 10.2. The van der Waals surface area contributed by atoms with Gasteiger partial charge >= 0.3 is 0 Å². The molecular weight excluding hydrogens is 358 g/mol. The lowest BCUT2D eigenvalue weighted by Gasteiger charge is -2.17. The molecule has 0 aliphatic heterocycles. The van der Waals surface area contributed by atoms with Crippen LogP contribution in [-0.4, -0.2) is 17.7 Å². The standard InChI is InChI=1S/C20H19N5O3/c1-13(26)23-17-5-7-18(8-6-17)24-20(28)15(11-21)12-25(14(2)27)19-9-3-16(22)4-10-19/h3-10,12H,22H2,1-2H3,(H,23,26)(H,24,28)/b15-12-. The van der Waals surface area contributed by atoms with Crippen molar-refractivity contribution in [1.82, 2.24) is 0 Å². The predicted molar refractivity (Wildman–Crippen MR) is 107 cm³/mol. The molecule has 0 radical (unpaired) electrons. The number of amides is 3. The summed E-state index contributed by atoms with van der Waals surface area (Å²) in [6.45, 7) is 2.71. The van der Waals surface area contributed by atoms with Crippen molar-refractivity contribution in [2.45, 2.75) is 13.8 Å².